The lowest BCUT2D eigenvalue weighted by atomic mass is 9.81. The molecule has 0 bridgehead atoms. The highest BCUT2D eigenvalue weighted by Crippen LogP contribution is 2.51. The normalized spacial score (nSPS) is 12.5. The molecule has 62 heavy (non-hydrogen) atoms. The molecule has 1 aliphatic carbocycles. The van der Waals surface area contributed by atoms with Gasteiger partial charge >= 0.3 is 0 Å². The lowest BCUT2D eigenvalue weighted by molar-refractivity contribution is 0.660. The second-order valence-corrected chi connectivity index (χ2v) is 16.9. The summed E-state index contributed by atoms with van der Waals surface area (Å²) in [5, 5.41) is 2.47. The first-order valence-electron chi connectivity index (χ1n) is 21.6. The van der Waals surface area contributed by atoms with Gasteiger partial charge in [-0.05, 0) is 126 Å². The van der Waals surface area contributed by atoms with Gasteiger partial charge in [0.2, 0.25) is 0 Å². The van der Waals surface area contributed by atoms with Crippen LogP contribution in [0, 0.1) is 0 Å². The highest BCUT2D eigenvalue weighted by molar-refractivity contribution is 6.01. The van der Waals surface area contributed by atoms with Crippen molar-refractivity contribution in [1.29, 1.82) is 0 Å². The van der Waals surface area contributed by atoms with Crippen LogP contribution >= 0.6 is 0 Å². The molecule has 0 unspecified atom stereocenters. The summed E-state index contributed by atoms with van der Waals surface area (Å²) in [6, 6.07) is 86.8. The third-order valence-electron chi connectivity index (χ3n) is 12.9. The Hall–Kier alpha value is -7.74. The van der Waals surface area contributed by atoms with Gasteiger partial charge in [0.15, 0.2) is 0 Å². The molecule has 0 heterocycles. The Bertz CT molecular complexity index is 3270. The highest BCUT2D eigenvalue weighted by atomic mass is 15.1. The number of benzene rings is 10. The molecule has 11 rings (SSSR count). The van der Waals surface area contributed by atoms with Gasteiger partial charge in [0.25, 0.3) is 0 Å². The Morgan fingerprint density at radius 2 is 0.774 bits per heavy atom. The SMILES string of the molecule is CC1(C)c2ccccc2-c2ccc(-c3cccc(N(c4cccc(-c5ccc6ccccc6c5)c4)c4cccc(-c5ccccc5)c4-c4ccccc4-c4ccccc4)c3)cc21. The van der Waals surface area contributed by atoms with Crippen LogP contribution in [-0.2, 0) is 5.41 Å². The van der Waals surface area contributed by atoms with Crippen molar-refractivity contribution < 1.29 is 0 Å². The second-order valence-electron chi connectivity index (χ2n) is 16.9. The van der Waals surface area contributed by atoms with Gasteiger partial charge in [0.05, 0.1) is 5.69 Å². The van der Waals surface area contributed by atoms with Gasteiger partial charge in [0.1, 0.15) is 0 Å². The van der Waals surface area contributed by atoms with E-state index in [1.807, 2.05) is 0 Å². The van der Waals surface area contributed by atoms with Crippen molar-refractivity contribution in [1.82, 2.24) is 0 Å². The molecule has 0 aromatic heterocycles. The standard InChI is InChI=1S/C61H45N/c1-61(2)57-32-14-13-29-54(57)55-37-36-49(41-58(55)61)47-25-16-27-51(40-47)62(50-26-15-24-46(39-50)48-35-34-42-18-9-10-23-45(42)38-48)59-33-17-31-53(44-21-7-4-8-22-44)60(59)56-30-12-11-28-52(56)43-19-5-3-6-20-43/h3-41H,1-2H3. The van der Waals surface area contributed by atoms with E-state index in [9.17, 15) is 0 Å². The summed E-state index contributed by atoms with van der Waals surface area (Å²) in [5.74, 6) is 0. The van der Waals surface area contributed by atoms with E-state index in [1.165, 1.54) is 88.7 Å². The molecule has 294 valence electrons. The summed E-state index contributed by atoms with van der Waals surface area (Å²) in [7, 11) is 0. The van der Waals surface area contributed by atoms with Crippen molar-refractivity contribution in [2.24, 2.45) is 0 Å². The van der Waals surface area contributed by atoms with Crippen molar-refractivity contribution in [3.8, 4) is 66.8 Å². The van der Waals surface area contributed by atoms with Gasteiger partial charge in [0, 0.05) is 22.4 Å². The first-order chi connectivity index (χ1) is 30.5. The smallest absolute Gasteiger partial charge is 0.0546 e. The number of fused-ring (bicyclic) bond motifs is 4. The third kappa shape index (κ3) is 6.51. The molecule has 0 saturated carbocycles. The van der Waals surface area contributed by atoms with Gasteiger partial charge in [-0.15, -0.1) is 0 Å². The Morgan fingerprint density at radius 3 is 1.48 bits per heavy atom. The molecule has 0 fully saturated rings. The topological polar surface area (TPSA) is 3.24 Å². The first-order valence-corrected chi connectivity index (χ1v) is 21.6. The Labute approximate surface area is 364 Å². The fourth-order valence-corrected chi connectivity index (χ4v) is 9.77. The number of rotatable bonds is 8. The molecule has 0 saturated heterocycles. The van der Waals surface area contributed by atoms with Crippen molar-refractivity contribution >= 4 is 27.8 Å². The van der Waals surface area contributed by atoms with E-state index in [-0.39, 0.29) is 5.41 Å². The largest absolute Gasteiger partial charge is 0.310 e. The maximum atomic E-state index is 2.48. The molecule has 0 radical (unpaired) electrons. The van der Waals surface area contributed by atoms with Gasteiger partial charge in [-0.25, -0.2) is 0 Å². The average Bonchev–Trinajstić information content (AvgIpc) is 3.57. The number of nitrogens with zero attached hydrogens (tertiary/aromatic N) is 1. The molecule has 0 atom stereocenters. The molecule has 0 aliphatic heterocycles. The first kappa shape index (κ1) is 37.3. The van der Waals surface area contributed by atoms with E-state index < -0.39 is 0 Å². The van der Waals surface area contributed by atoms with E-state index in [2.05, 4.69) is 255 Å². The molecule has 1 aliphatic rings. The summed E-state index contributed by atoms with van der Waals surface area (Å²) >= 11 is 0. The zero-order valence-electron chi connectivity index (χ0n) is 35.0. The van der Waals surface area contributed by atoms with Gasteiger partial charge in [-0.2, -0.15) is 0 Å². The van der Waals surface area contributed by atoms with Crippen LogP contribution in [0.15, 0.2) is 237 Å². The summed E-state index contributed by atoms with van der Waals surface area (Å²) in [6.07, 6.45) is 0. The maximum Gasteiger partial charge on any atom is 0.0546 e. The van der Waals surface area contributed by atoms with E-state index in [1.54, 1.807) is 0 Å². The molecule has 0 amide bonds. The van der Waals surface area contributed by atoms with Crippen molar-refractivity contribution in [2.45, 2.75) is 19.3 Å². The quantitative estimate of drug-likeness (QED) is 0.148. The molecule has 0 N–H and O–H groups in total. The molecule has 1 nitrogen and oxygen atoms in total. The highest BCUT2D eigenvalue weighted by Gasteiger charge is 2.35. The van der Waals surface area contributed by atoms with Crippen LogP contribution in [0.4, 0.5) is 17.1 Å². The van der Waals surface area contributed by atoms with Crippen molar-refractivity contribution in [3.05, 3.63) is 248 Å². The lowest BCUT2D eigenvalue weighted by Gasteiger charge is -2.30. The molecule has 10 aromatic carbocycles. The molecular weight excluding hydrogens is 747 g/mol. The number of hydrogen-bond acceptors (Lipinski definition) is 1. The van der Waals surface area contributed by atoms with Crippen LogP contribution in [0.3, 0.4) is 0 Å². The zero-order chi connectivity index (χ0) is 41.6. The van der Waals surface area contributed by atoms with E-state index in [4.69, 9.17) is 0 Å². The van der Waals surface area contributed by atoms with Crippen molar-refractivity contribution in [2.75, 3.05) is 4.90 Å². The number of hydrogen-bond donors (Lipinski definition) is 0. The van der Waals surface area contributed by atoms with Gasteiger partial charge in [-0.1, -0.05) is 208 Å². The van der Waals surface area contributed by atoms with E-state index >= 15 is 0 Å². The molecule has 0 spiro atoms. The summed E-state index contributed by atoms with van der Waals surface area (Å²) < 4.78 is 0. The minimum Gasteiger partial charge on any atom is -0.310 e. The van der Waals surface area contributed by atoms with Gasteiger partial charge in [-0.3, -0.25) is 0 Å². The lowest BCUT2D eigenvalue weighted by Crippen LogP contribution is -2.15. The monoisotopic (exact) mass is 791 g/mol. The fourth-order valence-electron chi connectivity index (χ4n) is 9.77. The Balaban J connectivity index is 1.14. The minimum absolute atomic E-state index is 0.0896. The zero-order valence-corrected chi connectivity index (χ0v) is 35.0. The molecule has 1 heteroatoms. The predicted molar refractivity (Wildman–Crippen MR) is 263 cm³/mol. The third-order valence-corrected chi connectivity index (χ3v) is 12.9. The fraction of sp³-hybridized carbons (Fsp3) is 0.0492. The van der Waals surface area contributed by atoms with Gasteiger partial charge < -0.3 is 4.90 Å². The van der Waals surface area contributed by atoms with Crippen LogP contribution in [-0.4, -0.2) is 0 Å². The van der Waals surface area contributed by atoms with Crippen LogP contribution in [0.2, 0.25) is 0 Å². The van der Waals surface area contributed by atoms with Crippen LogP contribution in [0.5, 0.6) is 0 Å². The molecule has 10 aromatic rings. The van der Waals surface area contributed by atoms with Crippen LogP contribution in [0.1, 0.15) is 25.0 Å². The predicted octanol–water partition coefficient (Wildman–Crippen LogP) is 17.0. The van der Waals surface area contributed by atoms with E-state index in [0.29, 0.717) is 0 Å². The second kappa shape index (κ2) is 15.4. The maximum absolute atomic E-state index is 2.48. The van der Waals surface area contributed by atoms with E-state index in [0.717, 1.165) is 17.1 Å². The van der Waals surface area contributed by atoms with Crippen LogP contribution in [0.25, 0.3) is 77.5 Å². The number of anilines is 3. The Kier molecular flexibility index (Phi) is 9.24. The average molecular weight is 792 g/mol. The summed E-state index contributed by atoms with van der Waals surface area (Å²) in [6.45, 7) is 4.72. The van der Waals surface area contributed by atoms with Crippen molar-refractivity contribution in [3.63, 3.8) is 0 Å². The molecular formula is C61H45N. The minimum atomic E-state index is -0.0896. The summed E-state index contributed by atoms with van der Waals surface area (Å²) in [5.41, 5.74) is 20.5. The summed E-state index contributed by atoms with van der Waals surface area (Å²) in [4.78, 5) is 2.48. The van der Waals surface area contributed by atoms with Crippen LogP contribution < -0.4 is 4.90 Å². The Morgan fingerprint density at radius 1 is 0.290 bits per heavy atom.